The van der Waals surface area contributed by atoms with Crippen LogP contribution in [0.4, 0.5) is 8.78 Å². The van der Waals surface area contributed by atoms with Crippen LogP contribution in [0.15, 0.2) is 12.1 Å². The zero-order valence-electron chi connectivity index (χ0n) is 12.0. The number of nitrogens with one attached hydrogen (secondary N) is 1. The molecule has 106 valence electrons. The average Bonchev–Trinajstić information content (AvgIpc) is 2.88. The van der Waals surface area contributed by atoms with Crippen molar-refractivity contribution < 1.29 is 8.78 Å². The Hall–Kier alpha value is -0.960. The van der Waals surface area contributed by atoms with Crippen LogP contribution in [0.3, 0.4) is 0 Å². The van der Waals surface area contributed by atoms with E-state index in [0.717, 1.165) is 31.5 Å². The summed E-state index contributed by atoms with van der Waals surface area (Å²) < 4.78 is 27.9. The summed E-state index contributed by atoms with van der Waals surface area (Å²) in [6, 6.07) is 3.27. The molecule has 19 heavy (non-hydrogen) atoms. The second-order valence-electron chi connectivity index (χ2n) is 5.85. The molecule has 2 atom stereocenters. The van der Waals surface area contributed by atoms with E-state index in [-0.39, 0.29) is 5.92 Å². The lowest BCUT2D eigenvalue weighted by atomic mass is 9.83. The molecule has 0 radical (unpaired) electrons. The summed E-state index contributed by atoms with van der Waals surface area (Å²) in [6.07, 6.45) is 1.84. The van der Waals surface area contributed by atoms with Crippen LogP contribution in [-0.4, -0.2) is 13.1 Å². The third-order valence-corrected chi connectivity index (χ3v) is 4.25. The molecule has 1 fully saturated rings. The minimum absolute atomic E-state index is 0.0869. The van der Waals surface area contributed by atoms with Crippen LogP contribution in [-0.2, 0) is 0 Å². The molecule has 0 saturated carbocycles. The smallest absolute Gasteiger partial charge is 0.162 e. The molecule has 1 N–H and O–H groups in total. The lowest BCUT2D eigenvalue weighted by molar-refractivity contribution is 0.436. The SMILES string of the molecule is CCC(c1cc(C2CCNC2)cc(F)c1F)C(C)C. The molecule has 0 spiro atoms. The van der Waals surface area contributed by atoms with Gasteiger partial charge in [-0.1, -0.05) is 26.8 Å². The Morgan fingerprint density at radius 1 is 1.32 bits per heavy atom. The van der Waals surface area contributed by atoms with Gasteiger partial charge in [0.25, 0.3) is 0 Å². The van der Waals surface area contributed by atoms with Gasteiger partial charge in [0.15, 0.2) is 11.6 Å². The Bertz CT molecular complexity index is 437. The van der Waals surface area contributed by atoms with E-state index in [9.17, 15) is 8.78 Å². The Morgan fingerprint density at radius 3 is 2.58 bits per heavy atom. The summed E-state index contributed by atoms with van der Waals surface area (Å²) in [5, 5.41) is 3.27. The zero-order chi connectivity index (χ0) is 14.0. The quantitative estimate of drug-likeness (QED) is 0.862. The van der Waals surface area contributed by atoms with Gasteiger partial charge in [-0.05, 0) is 54.3 Å². The van der Waals surface area contributed by atoms with Gasteiger partial charge in [-0.25, -0.2) is 8.78 Å². The highest BCUT2D eigenvalue weighted by atomic mass is 19.2. The number of hydrogen-bond donors (Lipinski definition) is 1. The second kappa shape index (κ2) is 6.00. The zero-order valence-corrected chi connectivity index (χ0v) is 12.0. The fourth-order valence-electron chi connectivity index (χ4n) is 3.13. The van der Waals surface area contributed by atoms with E-state index in [0.29, 0.717) is 17.4 Å². The van der Waals surface area contributed by atoms with Gasteiger partial charge < -0.3 is 5.32 Å². The summed E-state index contributed by atoms with van der Waals surface area (Å²) in [5.41, 5.74) is 1.50. The molecular weight excluding hydrogens is 244 g/mol. The van der Waals surface area contributed by atoms with Crippen LogP contribution in [0.1, 0.15) is 56.6 Å². The topological polar surface area (TPSA) is 12.0 Å². The standard InChI is InChI=1S/C16H23F2N/c1-4-13(10(2)3)14-7-12(8-15(17)16(14)18)11-5-6-19-9-11/h7-8,10-11,13,19H,4-6,9H2,1-3H3. The van der Waals surface area contributed by atoms with Crippen LogP contribution in [0.25, 0.3) is 0 Å². The first-order valence-electron chi connectivity index (χ1n) is 7.24. The van der Waals surface area contributed by atoms with E-state index in [4.69, 9.17) is 0 Å². The van der Waals surface area contributed by atoms with E-state index in [2.05, 4.69) is 19.2 Å². The lowest BCUT2D eigenvalue weighted by Gasteiger charge is -2.22. The Balaban J connectivity index is 2.41. The molecule has 1 saturated heterocycles. The first-order chi connectivity index (χ1) is 9.04. The van der Waals surface area contributed by atoms with E-state index >= 15 is 0 Å². The summed E-state index contributed by atoms with van der Waals surface area (Å²) in [5.74, 6) is -0.632. The Morgan fingerprint density at radius 2 is 2.05 bits per heavy atom. The van der Waals surface area contributed by atoms with Gasteiger partial charge in [0, 0.05) is 6.54 Å². The third kappa shape index (κ3) is 2.97. The minimum Gasteiger partial charge on any atom is -0.316 e. The highest BCUT2D eigenvalue weighted by molar-refractivity contribution is 5.32. The number of halogens is 2. The highest BCUT2D eigenvalue weighted by Gasteiger charge is 2.24. The van der Waals surface area contributed by atoms with Gasteiger partial charge in [0.1, 0.15) is 0 Å². The van der Waals surface area contributed by atoms with Crippen LogP contribution in [0.5, 0.6) is 0 Å². The molecule has 1 aromatic carbocycles. The predicted octanol–water partition coefficient (Wildman–Crippen LogP) is 4.19. The fourth-order valence-corrected chi connectivity index (χ4v) is 3.13. The van der Waals surface area contributed by atoms with Gasteiger partial charge in [0.05, 0.1) is 0 Å². The monoisotopic (exact) mass is 267 g/mol. The third-order valence-electron chi connectivity index (χ3n) is 4.25. The Kier molecular flexibility index (Phi) is 4.56. The molecule has 0 bridgehead atoms. The first kappa shape index (κ1) is 14.4. The number of hydrogen-bond acceptors (Lipinski definition) is 1. The van der Waals surface area contributed by atoms with Gasteiger partial charge in [-0.3, -0.25) is 0 Å². The van der Waals surface area contributed by atoms with Crippen LogP contribution in [0, 0.1) is 17.6 Å². The largest absolute Gasteiger partial charge is 0.316 e. The fraction of sp³-hybridized carbons (Fsp3) is 0.625. The predicted molar refractivity (Wildman–Crippen MR) is 74.5 cm³/mol. The molecule has 1 aliphatic rings. The summed E-state index contributed by atoms with van der Waals surface area (Å²) in [6.45, 7) is 7.99. The molecule has 1 nitrogen and oxygen atoms in total. The maximum atomic E-state index is 14.1. The molecule has 0 amide bonds. The second-order valence-corrected chi connectivity index (χ2v) is 5.85. The average molecular weight is 267 g/mol. The van der Waals surface area contributed by atoms with Crippen molar-refractivity contribution in [2.45, 2.75) is 45.4 Å². The minimum atomic E-state index is -0.696. The van der Waals surface area contributed by atoms with Crippen molar-refractivity contribution in [2.24, 2.45) is 5.92 Å². The number of rotatable bonds is 4. The van der Waals surface area contributed by atoms with E-state index in [1.54, 1.807) is 0 Å². The van der Waals surface area contributed by atoms with Crippen molar-refractivity contribution in [2.75, 3.05) is 13.1 Å². The van der Waals surface area contributed by atoms with Crippen molar-refractivity contribution in [3.05, 3.63) is 34.9 Å². The molecule has 0 aromatic heterocycles. The molecule has 1 aliphatic heterocycles. The van der Waals surface area contributed by atoms with Gasteiger partial charge in [-0.2, -0.15) is 0 Å². The van der Waals surface area contributed by atoms with Gasteiger partial charge in [0.2, 0.25) is 0 Å². The summed E-state index contributed by atoms with van der Waals surface area (Å²) >= 11 is 0. The molecule has 2 unspecified atom stereocenters. The maximum absolute atomic E-state index is 14.1. The molecule has 3 heteroatoms. The van der Waals surface area contributed by atoms with E-state index < -0.39 is 11.6 Å². The summed E-state index contributed by atoms with van der Waals surface area (Å²) in [7, 11) is 0. The van der Waals surface area contributed by atoms with Gasteiger partial charge in [-0.15, -0.1) is 0 Å². The molecule has 1 heterocycles. The van der Waals surface area contributed by atoms with Gasteiger partial charge >= 0.3 is 0 Å². The maximum Gasteiger partial charge on any atom is 0.162 e. The molecule has 0 aliphatic carbocycles. The van der Waals surface area contributed by atoms with Crippen molar-refractivity contribution in [1.82, 2.24) is 5.32 Å². The summed E-state index contributed by atoms with van der Waals surface area (Å²) in [4.78, 5) is 0. The van der Waals surface area contributed by atoms with Crippen molar-refractivity contribution in [3.8, 4) is 0 Å². The first-order valence-corrected chi connectivity index (χ1v) is 7.24. The Labute approximate surface area is 114 Å². The van der Waals surface area contributed by atoms with Crippen LogP contribution in [0.2, 0.25) is 0 Å². The number of benzene rings is 1. The lowest BCUT2D eigenvalue weighted by Crippen LogP contribution is -2.12. The molecule has 1 aromatic rings. The van der Waals surface area contributed by atoms with E-state index in [1.165, 1.54) is 6.07 Å². The molecule has 2 rings (SSSR count). The van der Waals surface area contributed by atoms with E-state index in [1.807, 2.05) is 13.0 Å². The van der Waals surface area contributed by atoms with Crippen molar-refractivity contribution in [1.29, 1.82) is 0 Å². The van der Waals surface area contributed by atoms with Crippen molar-refractivity contribution in [3.63, 3.8) is 0 Å². The van der Waals surface area contributed by atoms with Crippen LogP contribution < -0.4 is 5.32 Å². The normalized spacial score (nSPS) is 21.1. The highest BCUT2D eigenvalue weighted by Crippen LogP contribution is 2.34. The van der Waals surface area contributed by atoms with Crippen LogP contribution >= 0.6 is 0 Å². The molecular formula is C16H23F2N. The van der Waals surface area contributed by atoms with Crippen molar-refractivity contribution >= 4 is 0 Å².